The molecule has 0 saturated heterocycles. The van der Waals surface area contributed by atoms with E-state index in [0.29, 0.717) is 0 Å². The third-order valence-corrected chi connectivity index (χ3v) is 5.28. The highest BCUT2D eigenvalue weighted by Crippen LogP contribution is 2.22. The molecule has 0 aliphatic rings. The maximum atomic E-state index is 13.2. The van der Waals surface area contributed by atoms with Crippen molar-refractivity contribution in [2.75, 3.05) is 17.9 Å². The third-order valence-electron chi connectivity index (χ3n) is 3.61. The van der Waals surface area contributed by atoms with Crippen LogP contribution in [0.15, 0.2) is 47.4 Å². The van der Waals surface area contributed by atoms with Crippen LogP contribution < -0.4 is 10.0 Å². The average Bonchev–Trinajstić information content (AvgIpc) is 2.63. The third kappa shape index (κ3) is 7.15. The number of carbonyl (C=O) groups is 1. The number of anilines is 1. The van der Waals surface area contributed by atoms with Crippen molar-refractivity contribution in [3.05, 3.63) is 58.9 Å². The first-order valence-electron chi connectivity index (χ1n) is 8.41. The lowest BCUT2D eigenvalue weighted by Gasteiger charge is -2.15. The molecule has 6 nitrogen and oxygen atoms in total. The first-order valence-corrected chi connectivity index (χ1v) is 10.3. The summed E-state index contributed by atoms with van der Waals surface area (Å²) in [6.45, 7) is -0.269. The van der Waals surface area contributed by atoms with Crippen molar-refractivity contribution in [3.8, 4) is 0 Å². The number of hydrogen-bond acceptors (Lipinski definition) is 4. The van der Waals surface area contributed by atoms with Gasteiger partial charge in [0.15, 0.2) is 0 Å². The summed E-state index contributed by atoms with van der Waals surface area (Å²) in [6.07, 6.45) is -4.45. The van der Waals surface area contributed by atoms with Crippen LogP contribution in [0, 0.1) is 5.82 Å². The number of alkyl halides is 3. The van der Waals surface area contributed by atoms with E-state index in [1.165, 1.54) is 31.2 Å². The van der Waals surface area contributed by atoms with Crippen LogP contribution >= 0.6 is 11.6 Å². The summed E-state index contributed by atoms with van der Waals surface area (Å²) in [5.41, 5.74) is 0.291. The molecular weight excluding hydrogens is 452 g/mol. The van der Waals surface area contributed by atoms with Gasteiger partial charge in [-0.15, -0.1) is 0 Å². The van der Waals surface area contributed by atoms with Gasteiger partial charge < -0.3 is 10.1 Å². The summed E-state index contributed by atoms with van der Waals surface area (Å²) in [7, 11) is -4.04. The zero-order valence-electron chi connectivity index (χ0n) is 15.5. The number of carbonyl (C=O) groups excluding carboxylic acids is 1. The maximum Gasteiger partial charge on any atom is 0.411 e. The van der Waals surface area contributed by atoms with Gasteiger partial charge in [-0.2, -0.15) is 13.2 Å². The largest absolute Gasteiger partial charge is 0.411 e. The number of amides is 1. The van der Waals surface area contributed by atoms with Crippen molar-refractivity contribution >= 4 is 33.2 Å². The fourth-order valence-corrected chi connectivity index (χ4v) is 3.58. The lowest BCUT2D eigenvalue weighted by molar-refractivity contribution is -0.174. The molecule has 2 rings (SSSR count). The molecule has 0 aliphatic carbocycles. The van der Waals surface area contributed by atoms with Crippen LogP contribution in [0.5, 0.6) is 0 Å². The van der Waals surface area contributed by atoms with Gasteiger partial charge in [-0.3, -0.25) is 9.52 Å². The van der Waals surface area contributed by atoms with Crippen LogP contribution in [0.1, 0.15) is 17.3 Å². The van der Waals surface area contributed by atoms with Gasteiger partial charge in [-0.25, -0.2) is 12.8 Å². The smallest absolute Gasteiger partial charge is 0.370 e. The molecule has 0 aliphatic heterocycles. The van der Waals surface area contributed by atoms with E-state index >= 15 is 0 Å². The van der Waals surface area contributed by atoms with Crippen molar-refractivity contribution in [1.82, 2.24) is 5.32 Å². The lowest BCUT2D eigenvalue weighted by atomic mass is 10.2. The van der Waals surface area contributed by atoms with E-state index in [1.807, 2.05) is 0 Å². The fourth-order valence-electron chi connectivity index (χ4n) is 2.25. The highest BCUT2D eigenvalue weighted by atomic mass is 35.5. The summed E-state index contributed by atoms with van der Waals surface area (Å²) in [4.78, 5) is 11.9. The molecule has 12 heteroatoms. The summed E-state index contributed by atoms with van der Waals surface area (Å²) in [5.74, 6) is -1.33. The minimum absolute atomic E-state index is 0.133. The Balaban J connectivity index is 1.97. The average molecular weight is 469 g/mol. The van der Waals surface area contributed by atoms with Gasteiger partial charge in [0.05, 0.1) is 16.5 Å². The topological polar surface area (TPSA) is 84.5 Å². The molecule has 1 atom stereocenters. The van der Waals surface area contributed by atoms with Gasteiger partial charge in [0.2, 0.25) is 0 Å². The SMILES string of the molecule is CC(COCC(F)(F)F)NC(=O)c1ccc(NS(=O)(=O)c2ccc(F)c(Cl)c2)cc1. The summed E-state index contributed by atoms with van der Waals surface area (Å²) in [6, 6.07) is 7.55. The molecule has 0 heterocycles. The van der Waals surface area contributed by atoms with Crippen LogP contribution in [0.4, 0.5) is 23.2 Å². The molecule has 0 bridgehead atoms. The first-order chi connectivity index (χ1) is 13.9. The second kappa shape index (κ2) is 9.63. The lowest BCUT2D eigenvalue weighted by Crippen LogP contribution is -2.36. The van der Waals surface area contributed by atoms with Crippen molar-refractivity contribution in [2.45, 2.75) is 24.0 Å². The van der Waals surface area contributed by atoms with Gasteiger partial charge in [0, 0.05) is 17.3 Å². The van der Waals surface area contributed by atoms with Crippen LogP contribution in [-0.4, -0.2) is 39.8 Å². The monoisotopic (exact) mass is 468 g/mol. The van der Waals surface area contributed by atoms with E-state index < -0.39 is 40.6 Å². The number of halogens is 5. The van der Waals surface area contributed by atoms with Gasteiger partial charge in [0.1, 0.15) is 12.4 Å². The molecule has 0 aromatic heterocycles. The predicted molar refractivity (Wildman–Crippen MR) is 102 cm³/mol. The van der Waals surface area contributed by atoms with Gasteiger partial charge in [0.25, 0.3) is 15.9 Å². The van der Waals surface area contributed by atoms with E-state index in [1.54, 1.807) is 0 Å². The molecule has 2 aromatic carbocycles. The second-order valence-electron chi connectivity index (χ2n) is 6.26. The summed E-state index contributed by atoms with van der Waals surface area (Å²) in [5, 5.41) is 2.12. The number of nitrogens with one attached hydrogen (secondary N) is 2. The first kappa shape index (κ1) is 23.9. The highest BCUT2D eigenvalue weighted by molar-refractivity contribution is 7.92. The van der Waals surface area contributed by atoms with E-state index in [4.69, 9.17) is 11.6 Å². The number of sulfonamides is 1. The van der Waals surface area contributed by atoms with Crippen molar-refractivity contribution in [1.29, 1.82) is 0 Å². The minimum atomic E-state index is -4.45. The molecule has 30 heavy (non-hydrogen) atoms. The molecule has 164 valence electrons. The molecule has 0 saturated carbocycles. The van der Waals surface area contributed by atoms with Crippen LogP contribution in [0.2, 0.25) is 5.02 Å². The summed E-state index contributed by atoms with van der Waals surface area (Å²) < 4.78 is 80.8. The van der Waals surface area contributed by atoms with Crippen molar-refractivity contribution < 1.29 is 35.5 Å². The Bertz CT molecular complexity index is 998. The van der Waals surface area contributed by atoms with Crippen LogP contribution in [0.25, 0.3) is 0 Å². The highest BCUT2D eigenvalue weighted by Gasteiger charge is 2.27. The Hall–Kier alpha value is -2.37. The molecule has 0 fully saturated rings. The van der Waals surface area contributed by atoms with Crippen molar-refractivity contribution in [2.24, 2.45) is 0 Å². The second-order valence-corrected chi connectivity index (χ2v) is 8.35. The van der Waals surface area contributed by atoms with Crippen LogP contribution in [-0.2, 0) is 14.8 Å². The Morgan fingerprint density at radius 2 is 1.80 bits per heavy atom. The van der Waals surface area contributed by atoms with Crippen molar-refractivity contribution in [3.63, 3.8) is 0 Å². The Morgan fingerprint density at radius 1 is 1.17 bits per heavy atom. The summed E-state index contributed by atoms with van der Waals surface area (Å²) >= 11 is 5.60. The fraction of sp³-hybridized carbons (Fsp3) is 0.278. The molecule has 2 aromatic rings. The Morgan fingerprint density at radius 3 is 2.37 bits per heavy atom. The van der Waals surface area contributed by atoms with E-state index in [-0.39, 0.29) is 27.8 Å². The molecular formula is C18H17ClF4N2O4S. The van der Waals surface area contributed by atoms with Gasteiger partial charge in [-0.1, -0.05) is 11.6 Å². The molecule has 1 amide bonds. The number of benzene rings is 2. The minimum Gasteiger partial charge on any atom is -0.370 e. The van der Waals surface area contributed by atoms with E-state index in [2.05, 4.69) is 14.8 Å². The zero-order valence-corrected chi connectivity index (χ0v) is 17.0. The predicted octanol–water partition coefficient (Wildman–Crippen LogP) is 3.98. The number of ether oxygens (including phenoxy) is 1. The normalized spacial score (nSPS) is 13.0. The molecule has 2 N–H and O–H groups in total. The number of hydrogen-bond donors (Lipinski definition) is 2. The standard InChI is InChI=1S/C18H17ClF4N2O4S/c1-11(9-29-10-18(21,22)23)24-17(26)12-2-4-13(5-3-12)25-30(27,28)14-6-7-16(20)15(19)8-14/h2-8,11,25H,9-10H2,1H3,(H,24,26). The maximum absolute atomic E-state index is 13.2. The molecule has 0 spiro atoms. The van der Waals surface area contributed by atoms with Gasteiger partial charge >= 0.3 is 6.18 Å². The molecule has 1 unspecified atom stereocenters. The Labute approximate surface area is 175 Å². The zero-order chi connectivity index (χ0) is 22.5. The molecule has 0 radical (unpaired) electrons. The van der Waals surface area contributed by atoms with E-state index in [9.17, 15) is 30.8 Å². The van der Waals surface area contributed by atoms with E-state index in [0.717, 1.165) is 18.2 Å². The van der Waals surface area contributed by atoms with Crippen LogP contribution in [0.3, 0.4) is 0 Å². The quantitative estimate of drug-likeness (QED) is 0.574. The number of rotatable bonds is 8. The van der Waals surface area contributed by atoms with Gasteiger partial charge in [-0.05, 0) is 49.4 Å². The Kier molecular flexibility index (Phi) is 7.67.